The van der Waals surface area contributed by atoms with Gasteiger partial charge in [0.25, 0.3) is 0 Å². The van der Waals surface area contributed by atoms with Crippen LogP contribution in [0.4, 0.5) is 0 Å². The van der Waals surface area contributed by atoms with E-state index in [2.05, 4.69) is 59.8 Å². The van der Waals surface area contributed by atoms with Gasteiger partial charge in [0.1, 0.15) is 0 Å². The van der Waals surface area contributed by atoms with E-state index in [1.807, 2.05) is 0 Å². The summed E-state index contributed by atoms with van der Waals surface area (Å²) in [4.78, 5) is 12.8. The molecule has 12 nitrogen and oxygen atoms in total. The largest absolute Gasteiger partial charge is 0.870 e. The molecule has 0 aliphatic carbocycles. The first-order valence-corrected chi connectivity index (χ1v) is 4.08. The van der Waals surface area contributed by atoms with E-state index >= 15 is 0 Å². The Bertz CT molecular complexity index is 346. The molecule has 0 bridgehead atoms. The Morgan fingerprint density at radius 1 is 0.500 bits per heavy atom. The summed E-state index contributed by atoms with van der Waals surface area (Å²) >= 11 is 0. The van der Waals surface area contributed by atoms with Crippen LogP contribution in [0, 0.1) is 39.9 Å². The van der Waals surface area contributed by atoms with Gasteiger partial charge in [0, 0.05) is 65.6 Å². The number of nitrogens with zero attached hydrogens (tertiary/aromatic N) is 2. The summed E-state index contributed by atoms with van der Waals surface area (Å²) in [5.74, 6) is 0. The summed E-state index contributed by atoms with van der Waals surface area (Å²) < 4.78 is 45.0. The van der Waals surface area contributed by atoms with E-state index in [-0.39, 0.29) is 51.8 Å². The Kier molecular flexibility index (Phi) is 428. The van der Waals surface area contributed by atoms with Crippen molar-refractivity contribution in [2.45, 2.75) is 0 Å². The number of H-pyrrole nitrogens is 2. The number of aromatic nitrogens is 4. The summed E-state index contributed by atoms with van der Waals surface area (Å²) in [6.07, 6.45) is 10.2. The van der Waals surface area contributed by atoms with E-state index < -0.39 is 0 Å². The third kappa shape index (κ3) is 150. The van der Waals surface area contributed by atoms with Crippen molar-refractivity contribution in [1.82, 2.24) is 19.9 Å². The molecule has 2 aromatic heterocycles. The van der Waals surface area contributed by atoms with Crippen molar-refractivity contribution in [3.63, 3.8) is 0 Å². The maximum absolute atomic E-state index is 7.50. The fourth-order valence-electron chi connectivity index (χ4n) is 0.430. The minimum absolute atomic E-state index is 0. The molecule has 0 aliphatic heterocycles. The normalized spacial score (nSPS) is 3.54. The molecule has 0 amide bonds. The number of aromatic amines is 2. The van der Waals surface area contributed by atoms with Gasteiger partial charge in [0.15, 0.2) is 0 Å². The summed E-state index contributed by atoms with van der Waals surface area (Å²) in [6.45, 7) is 27.0. The van der Waals surface area contributed by atoms with Crippen LogP contribution < -0.4 is 0 Å². The first-order chi connectivity index (χ1) is 11.0. The van der Waals surface area contributed by atoms with E-state index in [0.717, 1.165) is 0 Å². The average Bonchev–Trinajstić information content (AvgIpc) is 3.43. The van der Waals surface area contributed by atoms with Crippen molar-refractivity contribution in [1.29, 1.82) is 0 Å². The molecule has 26 heavy (non-hydrogen) atoms. The quantitative estimate of drug-likeness (QED) is 0.289. The molecule has 0 fully saturated rings. The molecule has 4 N–H and O–H groups in total. The van der Waals surface area contributed by atoms with Gasteiger partial charge in [-0.25, -0.2) is 9.97 Å². The van der Waals surface area contributed by atoms with Crippen molar-refractivity contribution in [3.05, 3.63) is 77.3 Å². The Hall–Kier alpha value is -1.90. The predicted molar refractivity (Wildman–Crippen MR) is 64.6 cm³/mol. The van der Waals surface area contributed by atoms with Crippen LogP contribution in [0.1, 0.15) is 0 Å². The van der Waals surface area contributed by atoms with Crippen LogP contribution in [0.3, 0.4) is 0 Å². The van der Waals surface area contributed by atoms with Crippen LogP contribution in [0.5, 0.6) is 0 Å². The summed E-state index contributed by atoms with van der Waals surface area (Å²) in [5.41, 5.74) is 0. The van der Waals surface area contributed by atoms with Crippen LogP contribution in [0.15, 0.2) is 37.4 Å². The van der Waals surface area contributed by atoms with E-state index in [1.165, 1.54) is 0 Å². The Morgan fingerprint density at radius 3 is 0.731 bits per heavy atom. The summed E-state index contributed by atoms with van der Waals surface area (Å²) in [5, 5.41) is 0. The Labute approximate surface area is 176 Å². The molecular weight excluding hydrogens is 701 g/mol. The molecule has 0 saturated heterocycles. The van der Waals surface area contributed by atoms with E-state index in [4.69, 9.17) is 27.9 Å². The second kappa shape index (κ2) is 172. The monoisotopic (exact) mass is 712 g/mol. The minimum Gasteiger partial charge on any atom is -0.870 e. The van der Waals surface area contributed by atoms with Gasteiger partial charge in [-0.3, -0.25) is 0 Å². The molecule has 2 rings (SSSR count). The Balaban J connectivity index is -0.0000000145. The average molecular weight is 711 g/mol. The molecule has 0 aliphatic rings. The third-order valence-corrected chi connectivity index (χ3v) is 0.812. The van der Waals surface area contributed by atoms with Gasteiger partial charge < -0.3 is 20.9 Å². The van der Waals surface area contributed by atoms with Crippen molar-refractivity contribution >= 4 is 0 Å². The summed E-state index contributed by atoms with van der Waals surface area (Å²) in [6, 6.07) is 0. The predicted octanol–water partition coefficient (Wildman–Crippen LogP) is 0.236. The molecule has 0 spiro atoms. The molecule has 0 saturated carbocycles. The molecule has 2 aromatic rings. The van der Waals surface area contributed by atoms with Crippen LogP contribution >= 0.6 is 0 Å². The van der Waals surface area contributed by atoms with Gasteiger partial charge in [-0.15, -0.1) is 0 Å². The second-order valence-electron chi connectivity index (χ2n) is 1.52. The molecule has 0 unspecified atom stereocenters. The molecule has 0 aromatic carbocycles. The summed E-state index contributed by atoms with van der Waals surface area (Å²) in [7, 11) is 0. The van der Waals surface area contributed by atoms with Crippen LogP contribution in [0.2, 0.25) is 0 Å². The molecule has 0 atom stereocenters. The van der Waals surface area contributed by atoms with Gasteiger partial charge in [-0.2, -0.15) is 0 Å². The second-order valence-corrected chi connectivity index (χ2v) is 1.52. The number of hydrogen-bond donors (Lipinski definition) is 2. The topological polar surface area (TPSA) is 237 Å². The molecular formula is C12H10N4O8Re2-2. The first kappa shape index (κ1) is 64.7. The van der Waals surface area contributed by atoms with Gasteiger partial charge >= 0.3 is 67.8 Å². The molecule has 2 heterocycles. The van der Waals surface area contributed by atoms with Crippen LogP contribution in [-0.2, 0) is 68.8 Å². The maximum atomic E-state index is 7.50. The number of hydrogen-bond acceptors (Lipinski definition) is 4. The van der Waals surface area contributed by atoms with E-state index in [9.17, 15) is 0 Å². The van der Waals surface area contributed by atoms with Crippen molar-refractivity contribution in [2.75, 3.05) is 0 Å². The van der Waals surface area contributed by atoms with Gasteiger partial charge in [-0.1, -0.05) is 0 Å². The third-order valence-electron chi connectivity index (χ3n) is 0.812. The zero-order valence-corrected chi connectivity index (χ0v) is 17.9. The minimum atomic E-state index is 0. The molecule has 14 heteroatoms. The Morgan fingerprint density at radius 2 is 0.692 bits per heavy atom. The van der Waals surface area contributed by atoms with Gasteiger partial charge in [0.05, 0.1) is 12.7 Å². The smallest absolute Gasteiger partial charge is 0.0919 e. The number of nitrogens with one attached hydrogen (secondary N) is 2. The van der Waals surface area contributed by atoms with Crippen molar-refractivity contribution < 1.29 is 79.7 Å². The van der Waals surface area contributed by atoms with E-state index in [1.54, 1.807) is 37.4 Å². The zero-order valence-electron chi connectivity index (χ0n) is 12.5. The number of rotatable bonds is 0. The fourth-order valence-corrected chi connectivity index (χ4v) is 0.430. The van der Waals surface area contributed by atoms with Crippen LogP contribution in [0.25, 0.3) is 0 Å². The van der Waals surface area contributed by atoms with Crippen molar-refractivity contribution in [3.8, 4) is 0 Å². The van der Waals surface area contributed by atoms with Gasteiger partial charge in [-0.05, 0) is 0 Å². The fraction of sp³-hybridized carbons (Fsp3) is 0. The SMILES string of the molecule is [C-]#[O+].[C-]#[O+].[C-]#[O+].[C-]#[O+].[C-]#[O+].[C-]#[O+].[OH-].[OH-].[Re].[Re].c1c[nH]cn1.c1c[nH]cn1. The number of imidazole rings is 2. The maximum Gasteiger partial charge on any atom is 0.0919 e. The van der Waals surface area contributed by atoms with E-state index in [0.29, 0.717) is 0 Å². The molecule has 142 valence electrons. The van der Waals surface area contributed by atoms with Crippen LogP contribution in [-0.4, -0.2) is 30.9 Å². The van der Waals surface area contributed by atoms with Crippen molar-refractivity contribution in [2.24, 2.45) is 0 Å². The molecule has 2 radical (unpaired) electrons. The zero-order chi connectivity index (χ0) is 19.1. The standard InChI is InChI=1S/2C3H4N2.6CO.2H2O.2Re/c2*1-2-5-3-4-1;6*1-2;;;;/h2*1-3H,(H,4,5);;;;;;;2*1H2;;/p-2. The first-order valence-electron chi connectivity index (χ1n) is 4.08. The van der Waals surface area contributed by atoms with Gasteiger partial charge in [0.2, 0.25) is 0 Å².